The van der Waals surface area contributed by atoms with E-state index in [1.165, 1.54) is 12.8 Å². The van der Waals surface area contributed by atoms with Crippen molar-refractivity contribution >= 4 is 11.6 Å². The zero-order valence-electron chi connectivity index (χ0n) is 13.0. The van der Waals surface area contributed by atoms with Crippen LogP contribution in [0.4, 0.5) is 11.6 Å². The number of ether oxygens (including phenoxy) is 1. The molecule has 1 fully saturated rings. The molecule has 1 aliphatic carbocycles. The Morgan fingerprint density at radius 1 is 1.35 bits per heavy atom. The molecule has 2 rings (SSSR count). The minimum atomic E-state index is 0.155. The van der Waals surface area contributed by atoms with Gasteiger partial charge in [0, 0.05) is 31.7 Å². The first-order valence-corrected chi connectivity index (χ1v) is 7.30. The maximum atomic E-state index is 6.00. The van der Waals surface area contributed by atoms with E-state index in [-0.39, 0.29) is 5.41 Å². The number of aromatic nitrogens is 2. The molecule has 1 aromatic heterocycles. The highest BCUT2D eigenvalue weighted by molar-refractivity contribution is 5.55. The summed E-state index contributed by atoms with van der Waals surface area (Å²) in [5.41, 5.74) is 7.09. The Labute approximate surface area is 121 Å². The second-order valence-electron chi connectivity index (χ2n) is 6.48. The Morgan fingerprint density at radius 3 is 2.65 bits per heavy atom. The highest BCUT2D eigenvalue weighted by Crippen LogP contribution is 2.39. The van der Waals surface area contributed by atoms with Crippen molar-refractivity contribution in [2.75, 3.05) is 31.3 Å². The first-order chi connectivity index (χ1) is 9.43. The van der Waals surface area contributed by atoms with E-state index < -0.39 is 0 Å². The summed E-state index contributed by atoms with van der Waals surface area (Å²) < 4.78 is 5.16. The van der Waals surface area contributed by atoms with Crippen LogP contribution in [0.3, 0.4) is 0 Å². The summed E-state index contributed by atoms with van der Waals surface area (Å²) in [7, 11) is 1.74. The SMILES string of the molecule is COCCC(C)(C)CNc1nc(C2CC2)nc(N)c1C. The summed E-state index contributed by atoms with van der Waals surface area (Å²) in [6.07, 6.45) is 3.37. The van der Waals surface area contributed by atoms with Crippen molar-refractivity contribution in [3.05, 3.63) is 11.4 Å². The number of nitrogens with two attached hydrogens (primary N) is 1. The van der Waals surface area contributed by atoms with Crippen LogP contribution in [-0.2, 0) is 4.74 Å². The first kappa shape index (κ1) is 15.0. The molecule has 0 bridgehead atoms. The lowest BCUT2D eigenvalue weighted by molar-refractivity contribution is 0.157. The topological polar surface area (TPSA) is 73.1 Å². The monoisotopic (exact) mass is 278 g/mol. The molecule has 0 radical (unpaired) electrons. The fourth-order valence-corrected chi connectivity index (χ4v) is 2.04. The predicted molar refractivity (Wildman–Crippen MR) is 81.9 cm³/mol. The van der Waals surface area contributed by atoms with Crippen LogP contribution >= 0.6 is 0 Å². The minimum absolute atomic E-state index is 0.155. The second kappa shape index (κ2) is 5.95. The Morgan fingerprint density at radius 2 is 2.05 bits per heavy atom. The Balaban J connectivity index is 2.04. The highest BCUT2D eigenvalue weighted by Gasteiger charge is 2.28. The van der Waals surface area contributed by atoms with Crippen molar-refractivity contribution in [1.29, 1.82) is 0 Å². The molecule has 0 unspecified atom stereocenters. The molecule has 1 aromatic rings. The van der Waals surface area contributed by atoms with Gasteiger partial charge in [0.05, 0.1) is 0 Å². The van der Waals surface area contributed by atoms with Gasteiger partial charge in [-0.15, -0.1) is 0 Å². The van der Waals surface area contributed by atoms with Gasteiger partial charge in [0.15, 0.2) is 0 Å². The number of methoxy groups -OCH3 is 1. The average molecular weight is 278 g/mol. The van der Waals surface area contributed by atoms with Crippen LogP contribution in [0.5, 0.6) is 0 Å². The lowest BCUT2D eigenvalue weighted by Gasteiger charge is -2.25. The molecule has 0 spiro atoms. The van der Waals surface area contributed by atoms with E-state index in [1.54, 1.807) is 7.11 Å². The van der Waals surface area contributed by atoms with Gasteiger partial charge in [-0.2, -0.15) is 0 Å². The van der Waals surface area contributed by atoms with Gasteiger partial charge in [-0.05, 0) is 31.6 Å². The quantitative estimate of drug-likeness (QED) is 0.802. The molecular weight excluding hydrogens is 252 g/mol. The molecule has 0 aliphatic heterocycles. The average Bonchev–Trinajstić information content (AvgIpc) is 3.22. The van der Waals surface area contributed by atoms with Crippen molar-refractivity contribution in [3.8, 4) is 0 Å². The third-order valence-electron chi connectivity index (χ3n) is 3.86. The Hall–Kier alpha value is -1.36. The number of hydrogen-bond acceptors (Lipinski definition) is 5. The van der Waals surface area contributed by atoms with Crippen molar-refractivity contribution in [1.82, 2.24) is 9.97 Å². The fourth-order valence-electron chi connectivity index (χ4n) is 2.04. The second-order valence-corrected chi connectivity index (χ2v) is 6.48. The van der Waals surface area contributed by atoms with Crippen molar-refractivity contribution in [3.63, 3.8) is 0 Å². The van der Waals surface area contributed by atoms with Crippen LogP contribution in [0.2, 0.25) is 0 Å². The van der Waals surface area contributed by atoms with Gasteiger partial charge in [-0.25, -0.2) is 9.97 Å². The summed E-state index contributed by atoms with van der Waals surface area (Å²) in [4.78, 5) is 9.04. The summed E-state index contributed by atoms with van der Waals surface area (Å²) in [5, 5.41) is 3.44. The van der Waals surface area contributed by atoms with Crippen LogP contribution in [0, 0.1) is 12.3 Å². The predicted octanol–water partition coefficient (Wildman–Crippen LogP) is 2.72. The molecule has 5 heteroatoms. The molecule has 0 aromatic carbocycles. The van der Waals surface area contributed by atoms with E-state index in [0.717, 1.165) is 36.8 Å². The van der Waals surface area contributed by atoms with Gasteiger partial charge in [0.25, 0.3) is 0 Å². The number of nitrogens with one attached hydrogen (secondary N) is 1. The summed E-state index contributed by atoms with van der Waals surface area (Å²) in [6, 6.07) is 0. The van der Waals surface area contributed by atoms with E-state index in [4.69, 9.17) is 10.5 Å². The summed E-state index contributed by atoms with van der Waals surface area (Å²) in [5.74, 6) is 2.88. The van der Waals surface area contributed by atoms with Crippen LogP contribution in [-0.4, -0.2) is 30.2 Å². The molecule has 1 aliphatic rings. The van der Waals surface area contributed by atoms with Crippen LogP contribution < -0.4 is 11.1 Å². The lowest BCUT2D eigenvalue weighted by Crippen LogP contribution is -2.25. The van der Waals surface area contributed by atoms with E-state index in [2.05, 4.69) is 29.1 Å². The third-order valence-corrected chi connectivity index (χ3v) is 3.86. The zero-order chi connectivity index (χ0) is 14.8. The number of nitrogens with zero attached hydrogens (tertiary/aromatic N) is 2. The summed E-state index contributed by atoms with van der Waals surface area (Å²) >= 11 is 0. The van der Waals surface area contributed by atoms with Crippen LogP contribution in [0.1, 0.15) is 50.4 Å². The van der Waals surface area contributed by atoms with E-state index in [1.807, 2.05) is 6.92 Å². The van der Waals surface area contributed by atoms with Crippen molar-refractivity contribution < 1.29 is 4.74 Å². The number of rotatable bonds is 7. The van der Waals surface area contributed by atoms with Gasteiger partial charge < -0.3 is 15.8 Å². The third kappa shape index (κ3) is 3.82. The van der Waals surface area contributed by atoms with E-state index in [0.29, 0.717) is 11.7 Å². The smallest absolute Gasteiger partial charge is 0.136 e. The zero-order valence-corrected chi connectivity index (χ0v) is 13.0. The first-order valence-electron chi connectivity index (χ1n) is 7.30. The molecule has 1 saturated carbocycles. The molecule has 1 heterocycles. The largest absolute Gasteiger partial charge is 0.385 e. The maximum Gasteiger partial charge on any atom is 0.136 e. The van der Waals surface area contributed by atoms with Gasteiger partial charge in [-0.3, -0.25) is 0 Å². The van der Waals surface area contributed by atoms with Gasteiger partial charge >= 0.3 is 0 Å². The van der Waals surface area contributed by atoms with Crippen LogP contribution in [0.25, 0.3) is 0 Å². The van der Waals surface area contributed by atoms with Crippen molar-refractivity contribution in [2.45, 2.75) is 46.0 Å². The van der Waals surface area contributed by atoms with Gasteiger partial charge in [-0.1, -0.05) is 13.8 Å². The maximum absolute atomic E-state index is 6.00. The molecule has 5 nitrogen and oxygen atoms in total. The molecule has 0 amide bonds. The normalized spacial score (nSPS) is 15.4. The molecule has 20 heavy (non-hydrogen) atoms. The van der Waals surface area contributed by atoms with Gasteiger partial charge in [0.2, 0.25) is 0 Å². The number of anilines is 2. The molecule has 112 valence electrons. The molecular formula is C15H26N4O. The molecule has 0 saturated heterocycles. The minimum Gasteiger partial charge on any atom is -0.385 e. The molecule has 0 atom stereocenters. The van der Waals surface area contributed by atoms with E-state index >= 15 is 0 Å². The van der Waals surface area contributed by atoms with Crippen LogP contribution in [0.15, 0.2) is 0 Å². The van der Waals surface area contributed by atoms with Crippen molar-refractivity contribution in [2.24, 2.45) is 5.41 Å². The Bertz CT molecular complexity index is 469. The summed E-state index contributed by atoms with van der Waals surface area (Å²) in [6.45, 7) is 8.03. The highest BCUT2D eigenvalue weighted by atomic mass is 16.5. The number of nitrogen functional groups attached to an aromatic ring is 1. The molecule has 3 N–H and O–H groups in total. The Kier molecular flexibility index (Phi) is 4.48. The number of hydrogen-bond donors (Lipinski definition) is 2. The lowest BCUT2D eigenvalue weighted by atomic mass is 9.89. The fraction of sp³-hybridized carbons (Fsp3) is 0.733. The standard InChI is InChI=1S/C15H26N4O/c1-10-12(16)18-14(11-5-6-11)19-13(10)17-9-15(2,3)7-8-20-4/h11H,5-9H2,1-4H3,(H3,16,17,18,19). The van der Waals surface area contributed by atoms with E-state index in [9.17, 15) is 0 Å². The van der Waals surface area contributed by atoms with Gasteiger partial charge in [0.1, 0.15) is 17.5 Å².